The Morgan fingerprint density at radius 1 is 1.04 bits per heavy atom. The number of hydrazine groups is 1. The molecule has 0 radical (unpaired) electrons. The summed E-state index contributed by atoms with van der Waals surface area (Å²) in [6.07, 6.45) is 0. The molecule has 0 saturated heterocycles. The molecule has 0 atom stereocenters. The number of para-hydroxylation sites is 1. The number of carbonyl (C=O) groups excluding carboxylic acids is 1. The molecule has 0 fully saturated rings. The molecule has 3 rings (SSSR count). The molecule has 0 aliphatic carbocycles. The zero-order valence-corrected chi connectivity index (χ0v) is 16.7. The van der Waals surface area contributed by atoms with E-state index in [-0.39, 0.29) is 17.5 Å². The summed E-state index contributed by atoms with van der Waals surface area (Å²) in [7, 11) is 0. The number of carbonyl (C=O) groups is 1. The molecule has 2 aromatic carbocycles. The van der Waals surface area contributed by atoms with Crippen LogP contribution in [0.4, 0.5) is 5.69 Å². The minimum Gasteiger partial charge on any atom is -0.484 e. The summed E-state index contributed by atoms with van der Waals surface area (Å²) in [4.78, 5) is 12.2. The van der Waals surface area contributed by atoms with Gasteiger partial charge < -0.3 is 14.5 Å². The lowest BCUT2D eigenvalue weighted by atomic mass is 10.3. The van der Waals surface area contributed by atoms with Gasteiger partial charge in [-0.25, -0.2) is 0 Å². The highest BCUT2D eigenvalue weighted by Crippen LogP contribution is 2.24. The van der Waals surface area contributed by atoms with Crippen LogP contribution in [0.1, 0.15) is 16.3 Å². The number of thiocarbonyl (C=S) groups is 1. The molecule has 1 aromatic heterocycles. The average Bonchev–Trinajstić information content (AvgIpc) is 3.15. The predicted octanol–water partition coefficient (Wildman–Crippen LogP) is 4.80. The average molecular weight is 436 g/mol. The molecule has 28 heavy (non-hydrogen) atoms. The number of hydrogen-bond acceptors (Lipinski definition) is 4. The number of hydrogen-bond donors (Lipinski definition) is 3. The van der Waals surface area contributed by atoms with Crippen LogP contribution >= 0.6 is 35.4 Å². The van der Waals surface area contributed by atoms with E-state index in [1.54, 1.807) is 42.5 Å². The molecule has 6 nitrogen and oxygen atoms in total. The lowest BCUT2D eigenvalue weighted by Gasteiger charge is -2.11. The zero-order valence-electron chi connectivity index (χ0n) is 14.4. The van der Waals surface area contributed by atoms with Crippen LogP contribution in [0, 0.1) is 0 Å². The van der Waals surface area contributed by atoms with E-state index in [0.29, 0.717) is 27.2 Å². The molecule has 3 aromatic rings. The fraction of sp³-hybridized carbons (Fsp3) is 0.0526. The molecule has 0 aliphatic rings. The Hall–Kier alpha value is -2.74. The van der Waals surface area contributed by atoms with Crippen molar-refractivity contribution in [2.75, 3.05) is 5.32 Å². The van der Waals surface area contributed by atoms with Gasteiger partial charge in [0.2, 0.25) is 0 Å². The highest BCUT2D eigenvalue weighted by molar-refractivity contribution is 7.80. The van der Waals surface area contributed by atoms with Crippen LogP contribution < -0.4 is 20.9 Å². The van der Waals surface area contributed by atoms with E-state index < -0.39 is 5.91 Å². The minimum atomic E-state index is -0.487. The first-order valence-corrected chi connectivity index (χ1v) is 9.26. The van der Waals surface area contributed by atoms with Gasteiger partial charge in [-0.1, -0.05) is 41.4 Å². The quantitative estimate of drug-likeness (QED) is 0.394. The van der Waals surface area contributed by atoms with Gasteiger partial charge >= 0.3 is 5.91 Å². The topological polar surface area (TPSA) is 75.5 Å². The van der Waals surface area contributed by atoms with E-state index in [1.165, 1.54) is 6.07 Å². The van der Waals surface area contributed by atoms with Crippen molar-refractivity contribution in [3.63, 3.8) is 0 Å². The van der Waals surface area contributed by atoms with E-state index in [2.05, 4.69) is 16.2 Å². The number of nitrogens with one attached hydrogen (secondary N) is 3. The van der Waals surface area contributed by atoms with E-state index in [9.17, 15) is 4.79 Å². The number of ether oxygens (including phenoxy) is 1. The second-order valence-electron chi connectivity index (χ2n) is 5.53. The number of halogens is 2. The highest BCUT2D eigenvalue weighted by atomic mass is 35.5. The standard InChI is InChI=1S/C19H15Cl2N3O3S/c20-12-4-3-5-13(10-12)22-19(28)24-23-18(25)17-9-8-14(27-17)11-26-16-7-2-1-6-15(16)21/h1-10H,11H2,(H,23,25)(H2,22,24,28). The monoisotopic (exact) mass is 435 g/mol. The molecule has 0 saturated carbocycles. The summed E-state index contributed by atoms with van der Waals surface area (Å²) in [5.41, 5.74) is 5.73. The van der Waals surface area contributed by atoms with Crippen molar-refractivity contribution < 1.29 is 13.9 Å². The van der Waals surface area contributed by atoms with Crippen molar-refractivity contribution in [2.45, 2.75) is 6.61 Å². The van der Waals surface area contributed by atoms with Crippen molar-refractivity contribution in [3.8, 4) is 5.75 Å². The Labute approximate surface area is 176 Å². The number of rotatable bonds is 5. The van der Waals surface area contributed by atoms with Crippen LogP contribution in [-0.2, 0) is 6.61 Å². The third kappa shape index (κ3) is 5.63. The first-order valence-electron chi connectivity index (χ1n) is 8.10. The number of furan rings is 1. The second-order valence-corrected chi connectivity index (χ2v) is 6.78. The van der Waals surface area contributed by atoms with Crippen LogP contribution in [0.25, 0.3) is 0 Å². The van der Waals surface area contributed by atoms with Crippen LogP contribution in [0.2, 0.25) is 10.0 Å². The molecule has 9 heteroatoms. The number of amides is 1. The van der Waals surface area contributed by atoms with Crippen molar-refractivity contribution in [1.29, 1.82) is 0 Å². The molecule has 144 valence electrons. The Morgan fingerprint density at radius 2 is 1.86 bits per heavy atom. The Kier molecular flexibility index (Phi) is 6.76. The van der Waals surface area contributed by atoms with Crippen molar-refractivity contribution in [2.24, 2.45) is 0 Å². The molecule has 0 unspecified atom stereocenters. The van der Waals surface area contributed by atoms with Gasteiger partial charge in [0.1, 0.15) is 18.1 Å². The first-order chi connectivity index (χ1) is 13.5. The van der Waals surface area contributed by atoms with Gasteiger partial charge in [0.15, 0.2) is 10.9 Å². The Balaban J connectivity index is 1.48. The van der Waals surface area contributed by atoms with Gasteiger partial charge in [0, 0.05) is 10.7 Å². The van der Waals surface area contributed by atoms with Crippen LogP contribution in [0.3, 0.4) is 0 Å². The molecule has 3 N–H and O–H groups in total. The smallest absolute Gasteiger partial charge is 0.305 e. The molecule has 0 spiro atoms. The largest absolute Gasteiger partial charge is 0.484 e. The van der Waals surface area contributed by atoms with Crippen molar-refractivity contribution >= 4 is 52.1 Å². The maximum atomic E-state index is 12.2. The maximum Gasteiger partial charge on any atom is 0.305 e. The lowest BCUT2D eigenvalue weighted by Crippen LogP contribution is -2.43. The summed E-state index contributed by atoms with van der Waals surface area (Å²) in [5, 5.41) is 4.16. The van der Waals surface area contributed by atoms with Gasteiger partial charge in [-0.3, -0.25) is 15.6 Å². The summed E-state index contributed by atoms with van der Waals surface area (Å²) in [6.45, 7) is 0.138. The molecule has 1 heterocycles. The fourth-order valence-corrected chi connectivity index (χ4v) is 2.74. The van der Waals surface area contributed by atoms with E-state index in [1.807, 2.05) is 12.1 Å². The second kappa shape index (κ2) is 9.45. The predicted molar refractivity (Wildman–Crippen MR) is 113 cm³/mol. The van der Waals surface area contributed by atoms with Crippen LogP contribution in [-0.4, -0.2) is 11.0 Å². The lowest BCUT2D eigenvalue weighted by molar-refractivity contribution is 0.0912. The SMILES string of the molecule is O=C(NNC(=S)Nc1cccc(Cl)c1)c1ccc(COc2ccccc2Cl)o1. The van der Waals surface area contributed by atoms with Crippen molar-refractivity contribution in [3.05, 3.63) is 82.2 Å². The minimum absolute atomic E-state index is 0.107. The molecule has 1 amide bonds. The molecular weight excluding hydrogens is 421 g/mol. The van der Waals surface area contributed by atoms with Gasteiger partial charge in [-0.15, -0.1) is 0 Å². The molecular formula is C19H15Cl2N3O3S. The molecule has 0 aliphatic heterocycles. The van der Waals surface area contributed by atoms with Crippen molar-refractivity contribution in [1.82, 2.24) is 10.9 Å². The van der Waals surface area contributed by atoms with E-state index >= 15 is 0 Å². The first kappa shape index (κ1) is 20.0. The fourth-order valence-electron chi connectivity index (χ4n) is 2.19. The highest BCUT2D eigenvalue weighted by Gasteiger charge is 2.12. The third-order valence-corrected chi connectivity index (χ3v) is 4.22. The summed E-state index contributed by atoms with van der Waals surface area (Å²) >= 11 is 17.1. The summed E-state index contributed by atoms with van der Waals surface area (Å²) < 4.78 is 11.0. The molecule has 0 bridgehead atoms. The van der Waals surface area contributed by atoms with E-state index in [4.69, 9.17) is 44.6 Å². The maximum absolute atomic E-state index is 12.2. The Bertz CT molecular complexity index is 994. The Morgan fingerprint density at radius 3 is 2.64 bits per heavy atom. The number of benzene rings is 2. The van der Waals surface area contributed by atoms with Crippen LogP contribution in [0.5, 0.6) is 5.75 Å². The van der Waals surface area contributed by atoms with Gasteiger partial charge in [0.05, 0.1) is 5.02 Å². The third-order valence-electron chi connectivity index (χ3n) is 3.46. The van der Waals surface area contributed by atoms with Gasteiger partial charge in [-0.05, 0) is 54.7 Å². The van der Waals surface area contributed by atoms with E-state index in [0.717, 1.165) is 0 Å². The number of anilines is 1. The summed E-state index contributed by atoms with van der Waals surface area (Å²) in [6, 6.07) is 17.3. The van der Waals surface area contributed by atoms with Crippen LogP contribution in [0.15, 0.2) is 65.1 Å². The van der Waals surface area contributed by atoms with Gasteiger partial charge in [0.25, 0.3) is 0 Å². The summed E-state index contributed by atoms with van der Waals surface area (Å²) in [5.74, 6) is 0.630. The normalized spacial score (nSPS) is 10.2. The van der Waals surface area contributed by atoms with Gasteiger partial charge in [-0.2, -0.15) is 0 Å². The zero-order chi connectivity index (χ0) is 19.9.